The Labute approximate surface area is 257 Å². The third kappa shape index (κ3) is 6.56. The normalized spacial score (nSPS) is 12.0. The second kappa shape index (κ2) is 12.8. The van der Waals surface area contributed by atoms with E-state index in [4.69, 9.17) is 4.98 Å². The molecule has 0 radical (unpaired) electrons. The number of fused-ring (bicyclic) bond motifs is 1. The number of aryl methyl sites for hydroxylation is 2. The van der Waals surface area contributed by atoms with Gasteiger partial charge in [-0.1, -0.05) is 74.6 Å². The lowest BCUT2D eigenvalue weighted by Gasteiger charge is -2.22. The molecule has 0 N–H and O–H groups in total. The number of benzene rings is 3. The highest BCUT2D eigenvalue weighted by Crippen LogP contribution is 2.34. The van der Waals surface area contributed by atoms with E-state index in [1.165, 1.54) is 27.8 Å². The molecular weight excluding hydrogens is 579 g/mol. The van der Waals surface area contributed by atoms with Crippen molar-refractivity contribution in [3.8, 4) is 0 Å². The van der Waals surface area contributed by atoms with Gasteiger partial charge >= 0.3 is 0 Å². The summed E-state index contributed by atoms with van der Waals surface area (Å²) in [5, 5.41) is 5.17. The van der Waals surface area contributed by atoms with Crippen molar-refractivity contribution in [3.63, 3.8) is 0 Å². The smallest absolute Gasteiger partial charge is 0.260 e. The minimum absolute atomic E-state index is 0.151. The van der Waals surface area contributed by atoms with E-state index in [2.05, 4.69) is 25.0 Å². The van der Waals surface area contributed by atoms with Gasteiger partial charge in [0.1, 0.15) is 0 Å². The fourth-order valence-electron chi connectivity index (χ4n) is 5.15. The Hall–Kier alpha value is -3.86. The van der Waals surface area contributed by atoms with E-state index in [9.17, 15) is 13.2 Å². The van der Waals surface area contributed by atoms with Gasteiger partial charge in [-0.3, -0.25) is 14.4 Å². The Morgan fingerprint density at radius 1 is 0.977 bits per heavy atom. The van der Waals surface area contributed by atoms with Crippen molar-refractivity contribution in [3.05, 3.63) is 107 Å². The van der Waals surface area contributed by atoms with Crippen LogP contribution in [0, 0.1) is 13.8 Å². The van der Waals surface area contributed by atoms with Crippen LogP contribution in [0.1, 0.15) is 59.6 Å². The molecule has 0 atom stereocenters. The van der Waals surface area contributed by atoms with Gasteiger partial charge in [0.25, 0.3) is 5.91 Å². The lowest BCUT2D eigenvalue weighted by atomic mass is 10.0. The van der Waals surface area contributed by atoms with E-state index >= 15 is 0 Å². The van der Waals surface area contributed by atoms with Gasteiger partial charge in [-0.05, 0) is 67.3 Å². The van der Waals surface area contributed by atoms with Crippen molar-refractivity contribution >= 4 is 42.6 Å². The Kier molecular flexibility index (Phi) is 9.10. The van der Waals surface area contributed by atoms with E-state index in [1.54, 1.807) is 17.0 Å². The number of hydrogen-bond acceptors (Lipinski definition) is 6. The highest BCUT2D eigenvalue weighted by atomic mass is 32.2. The Bertz CT molecular complexity index is 1830. The van der Waals surface area contributed by atoms with Crippen LogP contribution in [0.15, 0.2) is 83.8 Å². The van der Waals surface area contributed by atoms with Crippen molar-refractivity contribution < 1.29 is 13.2 Å². The molecule has 0 saturated heterocycles. The van der Waals surface area contributed by atoms with E-state index in [-0.39, 0.29) is 23.3 Å². The van der Waals surface area contributed by atoms with Gasteiger partial charge in [-0.2, -0.15) is 9.40 Å². The summed E-state index contributed by atoms with van der Waals surface area (Å²) < 4.78 is 31.3. The van der Waals surface area contributed by atoms with Crippen LogP contribution in [0.2, 0.25) is 0 Å². The molecule has 2 aromatic heterocycles. The summed E-state index contributed by atoms with van der Waals surface area (Å²) in [5.74, 6) is 0.0452. The Balaban J connectivity index is 1.45. The highest BCUT2D eigenvalue weighted by Gasteiger charge is 2.26. The summed E-state index contributed by atoms with van der Waals surface area (Å²) in [4.78, 5) is 20.8. The maximum atomic E-state index is 14.0. The summed E-state index contributed by atoms with van der Waals surface area (Å²) in [7, 11) is -3.76. The van der Waals surface area contributed by atoms with Crippen molar-refractivity contribution in [2.75, 3.05) is 18.0 Å². The standard InChI is InChI=1S/C33H37N5O3S2/c1-6-36(22-26-11-8-7-9-12-26)43(40,41)28-17-15-27(16-18-28)32(39)37(19-20-38-25(5)21-24(4)35-38)33-34-31-29(23(2)3)13-10-14-30(31)42-33/h7-18,21,23H,6,19-20,22H2,1-5H3. The van der Waals surface area contributed by atoms with E-state index in [0.717, 1.165) is 32.7 Å². The molecule has 0 unspecified atom stereocenters. The van der Waals surface area contributed by atoms with Crippen molar-refractivity contribution in [2.45, 2.75) is 58.5 Å². The van der Waals surface area contributed by atoms with E-state index < -0.39 is 10.0 Å². The molecule has 8 nitrogen and oxygen atoms in total. The SMILES string of the molecule is CCN(Cc1ccccc1)S(=O)(=O)c1ccc(C(=O)N(CCn2nc(C)cc2C)c2nc3c(C(C)C)cccc3s2)cc1. The molecule has 0 aliphatic heterocycles. The number of hydrogen-bond donors (Lipinski definition) is 0. The average molecular weight is 616 g/mol. The third-order valence-electron chi connectivity index (χ3n) is 7.47. The number of para-hydroxylation sites is 1. The number of rotatable bonds is 11. The maximum absolute atomic E-state index is 14.0. The average Bonchev–Trinajstić information content (AvgIpc) is 3.57. The molecule has 5 aromatic rings. The van der Waals surface area contributed by atoms with Crippen LogP contribution in [0.4, 0.5) is 5.13 Å². The number of sulfonamides is 1. The number of carbonyl (C=O) groups is 1. The largest absolute Gasteiger partial charge is 0.282 e. The lowest BCUT2D eigenvalue weighted by molar-refractivity contribution is 0.0985. The predicted molar refractivity (Wildman–Crippen MR) is 173 cm³/mol. The molecule has 1 amide bonds. The predicted octanol–water partition coefficient (Wildman–Crippen LogP) is 6.79. The van der Waals surface area contributed by atoms with E-state index in [0.29, 0.717) is 30.3 Å². The minimum atomic E-state index is -3.76. The summed E-state index contributed by atoms with van der Waals surface area (Å²) in [6.45, 7) is 11.5. The highest BCUT2D eigenvalue weighted by molar-refractivity contribution is 7.89. The summed E-state index contributed by atoms with van der Waals surface area (Å²) in [6.07, 6.45) is 0. The first-order chi connectivity index (χ1) is 20.6. The molecule has 10 heteroatoms. The van der Waals surface area contributed by atoms with Crippen LogP contribution in [0.5, 0.6) is 0 Å². The molecular formula is C33H37N5O3S2. The zero-order chi connectivity index (χ0) is 30.7. The second-order valence-corrected chi connectivity index (χ2v) is 13.8. The van der Waals surface area contributed by atoms with Gasteiger partial charge in [-0.25, -0.2) is 13.4 Å². The van der Waals surface area contributed by atoms with Crippen molar-refractivity contribution in [1.82, 2.24) is 19.1 Å². The molecule has 3 aromatic carbocycles. The van der Waals surface area contributed by atoms with Crippen LogP contribution < -0.4 is 4.90 Å². The van der Waals surface area contributed by atoms with Crippen LogP contribution in [0.25, 0.3) is 10.2 Å². The van der Waals surface area contributed by atoms with Gasteiger partial charge in [-0.15, -0.1) is 0 Å². The van der Waals surface area contributed by atoms with Gasteiger partial charge in [0.05, 0.1) is 27.4 Å². The topological polar surface area (TPSA) is 88.4 Å². The fourth-order valence-corrected chi connectivity index (χ4v) is 7.61. The Morgan fingerprint density at radius 2 is 1.70 bits per heavy atom. The number of carbonyl (C=O) groups excluding carboxylic acids is 1. The fraction of sp³-hybridized carbons (Fsp3) is 0.303. The quantitative estimate of drug-likeness (QED) is 0.163. The molecule has 0 fully saturated rings. The van der Waals surface area contributed by atoms with Crippen LogP contribution >= 0.6 is 11.3 Å². The van der Waals surface area contributed by atoms with Crippen molar-refractivity contribution in [1.29, 1.82) is 0 Å². The second-order valence-electron chi connectivity index (χ2n) is 10.9. The first kappa shape index (κ1) is 30.6. The molecule has 224 valence electrons. The zero-order valence-electron chi connectivity index (χ0n) is 25.2. The molecule has 0 aliphatic rings. The minimum Gasteiger partial charge on any atom is -0.282 e. The molecule has 0 spiro atoms. The van der Waals surface area contributed by atoms with Crippen LogP contribution in [-0.2, 0) is 23.1 Å². The maximum Gasteiger partial charge on any atom is 0.260 e. The number of amides is 1. The lowest BCUT2D eigenvalue weighted by Crippen LogP contribution is -2.34. The summed E-state index contributed by atoms with van der Waals surface area (Å²) in [6, 6.07) is 23.9. The van der Waals surface area contributed by atoms with Gasteiger partial charge < -0.3 is 0 Å². The summed E-state index contributed by atoms with van der Waals surface area (Å²) >= 11 is 1.48. The van der Waals surface area contributed by atoms with Gasteiger partial charge in [0, 0.05) is 30.9 Å². The number of anilines is 1. The number of aromatic nitrogens is 3. The van der Waals surface area contributed by atoms with Gasteiger partial charge in [0.2, 0.25) is 10.0 Å². The molecule has 5 rings (SSSR count). The monoisotopic (exact) mass is 615 g/mol. The number of nitrogens with zero attached hydrogens (tertiary/aromatic N) is 5. The molecule has 43 heavy (non-hydrogen) atoms. The number of thiazole rings is 1. The van der Waals surface area contributed by atoms with E-state index in [1.807, 2.05) is 74.0 Å². The van der Waals surface area contributed by atoms with Crippen LogP contribution in [-0.4, -0.2) is 46.5 Å². The van der Waals surface area contributed by atoms with Crippen LogP contribution in [0.3, 0.4) is 0 Å². The zero-order valence-corrected chi connectivity index (χ0v) is 26.8. The first-order valence-corrected chi connectivity index (χ1v) is 16.7. The summed E-state index contributed by atoms with van der Waals surface area (Å²) in [5.41, 5.74) is 5.28. The third-order valence-corrected chi connectivity index (χ3v) is 10.4. The molecule has 2 heterocycles. The van der Waals surface area contributed by atoms with Gasteiger partial charge in [0.15, 0.2) is 5.13 Å². The molecule has 0 bridgehead atoms. The first-order valence-electron chi connectivity index (χ1n) is 14.4. The molecule has 0 saturated carbocycles. The Morgan fingerprint density at radius 3 is 2.33 bits per heavy atom. The van der Waals surface area contributed by atoms with Crippen molar-refractivity contribution in [2.24, 2.45) is 0 Å². The molecule has 0 aliphatic carbocycles.